The van der Waals surface area contributed by atoms with E-state index in [1.807, 2.05) is 6.07 Å². The van der Waals surface area contributed by atoms with Crippen molar-refractivity contribution in [3.8, 4) is 0 Å². The fourth-order valence-electron chi connectivity index (χ4n) is 1.39. The lowest BCUT2D eigenvalue weighted by Crippen LogP contribution is -2.18. The molecular formula is C11H7ClF3N3O3. The number of carbonyl (C=O) groups excluding carboxylic acids is 1. The topological polar surface area (TPSA) is 66.2 Å². The SMILES string of the molecule is O=C(OOC(F)(F)F)c1nn(Cc2ccccc2)nc1Cl. The van der Waals surface area contributed by atoms with E-state index in [2.05, 4.69) is 20.0 Å². The number of benzene rings is 1. The summed E-state index contributed by atoms with van der Waals surface area (Å²) in [4.78, 5) is 18.9. The lowest BCUT2D eigenvalue weighted by Gasteiger charge is -2.03. The maximum absolute atomic E-state index is 11.8. The summed E-state index contributed by atoms with van der Waals surface area (Å²) in [5.41, 5.74) is 0.243. The Balaban J connectivity index is 2.07. The van der Waals surface area contributed by atoms with Crippen molar-refractivity contribution in [1.82, 2.24) is 15.0 Å². The van der Waals surface area contributed by atoms with Gasteiger partial charge in [-0.25, -0.2) is 4.79 Å². The third-order valence-electron chi connectivity index (χ3n) is 2.19. The third kappa shape index (κ3) is 4.43. The van der Waals surface area contributed by atoms with Gasteiger partial charge in [-0.2, -0.15) is 4.80 Å². The molecule has 0 bridgehead atoms. The minimum absolute atomic E-state index is 0.188. The van der Waals surface area contributed by atoms with Crippen molar-refractivity contribution in [2.45, 2.75) is 12.9 Å². The van der Waals surface area contributed by atoms with E-state index in [4.69, 9.17) is 11.6 Å². The number of halogens is 4. The van der Waals surface area contributed by atoms with Crippen molar-refractivity contribution in [2.24, 2.45) is 0 Å². The summed E-state index contributed by atoms with van der Waals surface area (Å²) in [6.45, 7) is 0.188. The van der Waals surface area contributed by atoms with Crippen LogP contribution in [-0.4, -0.2) is 27.3 Å². The number of aromatic nitrogens is 3. The number of carbonyl (C=O) groups is 1. The van der Waals surface area contributed by atoms with Crippen LogP contribution < -0.4 is 0 Å². The highest BCUT2D eigenvalue weighted by molar-refractivity contribution is 6.32. The van der Waals surface area contributed by atoms with Crippen LogP contribution in [0.4, 0.5) is 13.2 Å². The van der Waals surface area contributed by atoms with Gasteiger partial charge in [0.05, 0.1) is 6.54 Å². The van der Waals surface area contributed by atoms with Crippen LogP contribution in [0.25, 0.3) is 0 Å². The lowest BCUT2D eigenvalue weighted by molar-refractivity contribution is -0.457. The van der Waals surface area contributed by atoms with Gasteiger partial charge in [0.2, 0.25) is 5.69 Å². The average Bonchev–Trinajstić information content (AvgIpc) is 2.77. The average molecular weight is 322 g/mol. The van der Waals surface area contributed by atoms with E-state index >= 15 is 0 Å². The quantitative estimate of drug-likeness (QED) is 0.639. The van der Waals surface area contributed by atoms with Crippen molar-refractivity contribution >= 4 is 17.6 Å². The molecule has 0 N–H and O–H groups in total. The minimum Gasteiger partial charge on any atom is -0.282 e. The van der Waals surface area contributed by atoms with Crippen LogP contribution in [0.3, 0.4) is 0 Å². The molecule has 1 aromatic carbocycles. The highest BCUT2D eigenvalue weighted by atomic mass is 35.5. The Kier molecular flexibility index (Phi) is 4.43. The Morgan fingerprint density at radius 3 is 2.52 bits per heavy atom. The molecule has 0 aliphatic heterocycles. The molecule has 0 fully saturated rings. The summed E-state index contributed by atoms with van der Waals surface area (Å²) in [5.74, 6) is -1.49. The van der Waals surface area contributed by atoms with Crippen molar-refractivity contribution in [1.29, 1.82) is 0 Å². The highest BCUT2D eigenvalue weighted by Crippen LogP contribution is 2.19. The Morgan fingerprint density at radius 1 is 1.24 bits per heavy atom. The molecule has 0 atom stereocenters. The maximum atomic E-state index is 11.8. The van der Waals surface area contributed by atoms with Crippen LogP contribution in [0.1, 0.15) is 16.1 Å². The second kappa shape index (κ2) is 6.10. The summed E-state index contributed by atoms with van der Waals surface area (Å²) >= 11 is 5.62. The molecule has 2 aromatic rings. The molecule has 1 aromatic heterocycles. The zero-order chi connectivity index (χ0) is 15.5. The molecule has 2 rings (SSSR count). The molecule has 112 valence electrons. The normalized spacial score (nSPS) is 11.4. The van der Waals surface area contributed by atoms with E-state index in [-0.39, 0.29) is 11.7 Å². The minimum atomic E-state index is -5.11. The van der Waals surface area contributed by atoms with E-state index < -0.39 is 18.0 Å². The fourth-order valence-corrected chi connectivity index (χ4v) is 1.60. The number of hydrogen-bond donors (Lipinski definition) is 0. The van der Waals surface area contributed by atoms with Gasteiger partial charge in [-0.1, -0.05) is 46.8 Å². The summed E-state index contributed by atoms with van der Waals surface area (Å²) < 4.78 is 35.3. The summed E-state index contributed by atoms with van der Waals surface area (Å²) in [6, 6.07) is 8.94. The molecule has 0 saturated heterocycles. The largest absolute Gasteiger partial charge is 0.558 e. The van der Waals surface area contributed by atoms with Crippen LogP contribution in [0, 0.1) is 0 Å². The van der Waals surface area contributed by atoms with Crippen LogP contribution in [0.15, 0.2) is 30.3 Å². The van der Waals surface area contributed by atoms with Crippen molar-refractivity contribution < 1.29 is 27.7 Å². The first-order valence-corrected chi connectivity index (χ1v) is 5.84. The number of rotatable bonds is 4. The number of nitrogens with zero attached hydrogens (tertiary/aromatic N) is 3. The lowest BCUT2D eigenvalue weighted by atomic mass is 10.2. The molecule has 0 saturated carbocycles. The number of alkyl halides is 3. The van der Waals surface area contributed by atoms with Gasteiger partial charge in [-0.05, 0) is 5.56 Å². The van der Waals surface area contributed by atoms with Gasteiger partial charge in [0, 0.05) is 0 Å². The van der Waals surface area contributed by atoms with Gasteiger partial charge in [-0.3, -0.25) is 4.89 Å². The smallest absolute Gasteiger partial charge is 0.282 e. The molecule has 21 heavy (non-hydrogen) atoms. The molecule has 0 spiro atoms. The number of hydrogen-bond acceptors (Lipinski definition) is 5. The van der Waals surface area contributed by atoms with Gasteiger partial charge in [0.15, 0.2) is 5.15 Å². The van der Waals surface area contributed by atoms with Crippen LogP contribution in [0.2, 0.25) is 5.15 Å². The van der Waals surface area contributed by atoms with Gasteiger partial charge in [0.25, 0.3) is 0 Å². The first kappa shape index (κ1) is 15.3. The summed E-state index contributed by atoms with van der Waals surface area (Å²) in [5, 5.41) is 6.97. The summed E-state index contributed by atoms with van der Waals surface area (Å²) in [7, 11) is 0. The van der Waals surface area contributed by atoms with Crippen molar-refractivity contribution in [2.75, 3.05) is 0 Å². The molecule has 0 amide bonds. The maximum Gasteiger partial charge on any atom is 0.558 e. The molecule has 0 aliphatic rings. The predicted octanol–water partition coefficient (Wildman–Crippen LogP) is 2.59. The Labute approximate surface area is 120 Å². The highest BCUT2D eigenvalue weighted by Gasteiger charge is 2.34. The van der Waals surface area contributed by atoms with Gasteiger partial charge in [-0.15, -0.1) is 23.4 Å². The Bertz CT molecular complexity index is 631. The van der Waals surface area contributed by atoms with Crippen LogP contribution in [-0.2, 0) is 16.3 Å². The summed E-state index contributed by atoms with van der Waals surface area (Å²) in [6.07, 6.45) is -5.11. The monoisotopic (exact) mass is 321 g/mol. The first-order valence-electron chi connectivity index (χ1n) is 5.46. The molecule has 0 unspecified atom stereocenters. The van der Waals surface area contributed by atoms with Gasteiger partial charge in [0.1, 0.15) is 0 Å². The van der Waals surface area contributed by atoms with Crippen molar-refractivity contribution in [3.63, 3.8) is 0 Å². The Hall–Kier alpha value is -2.13. The molecule has 0 radical (unpaired) electrons. The second-order valence-electron chi connectivity index (χ2n) is 3.76. The van der Waals surface area contributed by atoms with E-state index in [0.717, 1.165) is 10.4 Å². The molecular weight excluding hydrogens is 315 g/mol. The zero-order valence-electron chi connectivity index (χ0n) is 10.2. The van der Waals surface area contributed by atoms with Crippen LogP contribution >= 0.6 is 11.6 Å². The Morgan fingerprint density at radius 2 is 1.90 bits per heavy atom. The van der Waals surface area contributed by atoms with Gasteiger partial charge < -0.3 is 0 Å². The molecule has 6 nitrogen and oxygen atoms in total. The molecule has 0 aliphatic carbocycles. The van der Waals surface area contributed by atoms with E-state index in [1.165, 1.54) is 0 Å². The second-order valence-corrected chi connectivity index (χ2v) is 4.11. The predicted molar refractivity (Wildman–Crippen MR) is 63.1 cm³/mol. The molecule has 1 heterocycles. The molecule has 10 heteroatoms. The van der Waals surface area contributed by atoms with E-state index in [9.17, 15) is 18.0 Å². The van der Waals surface area contributed by atoms with Crippen LogP contribution in [0.5, 0.6) is 0 Å². The van der Waals surface area contributed by atoms with E-state index in [0.29, 0.717) is 0 Å². The first-order chi connectivity index (χ1) is 9.85. The van der Waals surface area contributed by atoms with E-state index in [1.54, 1.807) is 24.3 Å². The standard InChI is InChI=1S/C11H7ClF3N3O3/c12-9-8(10(19)20-21-11(13,14)15)16-18(17-9)6-7-4-2-1-3-5-7/h1-5H,6H2. The fraction of sp³-hybridized carbons (Fsp3) is 0.182. The third-order valence-corrected chi connectivity index (χ3v) is 2.44. The van der Waals surface area contributed by atoms with Gasteiger partial charge >= 0.3 is 12.3 Å². The van der Waals surface area contributed by atoms with Crippen molar-refractivity contribution in [3.05, 3.63) is 46.7 Å². The zero-order valence-corrected chi connectivity index (χ0v) is 10.9.